The van der Waals surface area contributed by atoms with Crippen molar-refractivity contribution < 1.29 is 17.7 Å². The quantitative estimate of drug-likeness (QED) is 0.355. The Kier molecular flexibility index (Phi) is 13.7. The lowest BCUT2D eigenvalue weighted by Gasteiger charge is -2.38. The monoisotopic (exact) mass is 364 g/mol. The number of rotatable bonds is 16. The largest absolute Gasteiger partial charge is 0.395 e. The Morgan fingerprint density at radius 2 is 0.826 bits per heavy atom. The van der Waals surface area contributed by atoms with E-state index >= 15 is 0 Å². The molecule has 0 rings (SSSR count). The highest BCUT2D eigenvalue weighted by Crippen LogP contribution is 2.32. The molecule has 0 heterocycles. The molecule has 0 N–H and O–H groups in total. The minimum atomic E-state index is -2.26. The van der Waals surface area contributed by atoms with Crippen LogP contribution in [-0.4, -0.2) is 43.5 Å². The van der Waals surface area contributed by atoms with E-state index in [9.17, 15) is 0 Å². The molecule has 6 heteroatoms. The van der Waals surface area contributed by atoms with Crippen molar-refractivity contribution in [2.45, 2.75) is 85.0 Å². The molecule has 0 aromatic carbocycles. The molecule has 0 fully saturated rings. The third kappa shape index (κ3) is 8.79. The number of unbranched alkanes of at least 4 members (excludes halogenated alkanes) is 2. The van der Waals surface area contributed by atoms with Gasteiger partial charge in [-0.25, -0.2) is 0 Å². The third-order valence-corrected chi connectivity index (χ3v) is 13.8. The molecule has 0 aromatic rings. The molecule has 0 amide bonds. The second kappa shape index (κ2) is 13.6. The summed E-state index contributed by atoms with van der Waals surface area (Å²) in [7, 11) is -4.53. The predicted octanol–water partition coefficient (Wildman–Crippen LogP) is 5.16. The Hall–Kier alpha value is 0.274. The van der Waals surface area contributed by atoms with Crippen LogP contribution in [0.1, 0.15) is 67.2 Å². The average Bonchev–Trinajstić information content (AvgIpc) is 2.52. The molecule has 140 valence electrons. The lowest BCUT2D eigenvalue weighted by atomic mass is 10.4. The van der Waals surface area contributed by atoms with Gasteiger partial charge >= 0.3 is 17.1 Å². The van der Waals surface area contributed by atoms with Crippen LogP contribution in [-0.2, 0) is 17.7 Å². The maximum Gasteiger partial charge on any atom is 0.340 e. The lowest BCUT2D eigenvalue weighted by molar-refractivity contribution is 0.161. The molecule has 0 spiro atoms. The third-order valence-electron chi connectivity index (χ3n) is 3.99. The van der Waals surface area contributed by atoms with Gasteiger partial charge in [0, 0.05) is 32.1 Å². The SMILES string of the molecule is CCCC[Si](C[Si](CCCC)(OCC)OCC)(OCC)OCC. The molecule has 0 radical (unpaired) electrons. The van der Waals surface area contributed by atoms with Gasteiger partial charge in [0.15, 0.2) is 0 Å². The average molecular weight is 365 g/mol. The van der Waals surface area contributed by atoms with E-state index in [1.807, 2.05) is 0 Å². The topological polar surface area (TPSA) is 36.9 Å². The van der Waals surface area contributed by atoms with Crippen molar-refractivity contribution in [2.75, 3.05) is 26.4 Å². The van der Waals surface area contributed by atoms with Crippen molar-refractivity contribution in [2.24, 2.45) is 0 Å². The molecule has 0 aromatic heterocycles. The first-order chi connectivity index (χ1) is 11.1. The Morgan fingerprint density at radius 3 is 1.04 bits per heavy atom. The minimum Gasteiger partial charge on any atom is -0.395 e. The molecule has 0 aliphatic heterocycles. The minimum absolute atomic E-state index is 0.715. The van der Waals surface area contributed by atoms with Crippen molar-refractivity contribution in [3.8, 4) is 0 Å². The molecule has 0 bridgehead atoms. The summed E-state index contributed by atoms with van der Waals surface area (Å²) >= 11 is 0. The van der Waals surface area contributed by atoms with Crippen LogP contribution in [0.5, 0.6) is 0 Å². The Balaban J connectivity index is 5.39. The van der Waals surface area contributed by atoms with Gasteiger partial charge in [-0.15, -0.1) is 0 Å². The van der Waals surface area contributed by atoms with E-state index in [-0.39, 0.29) is 0 Å². The summed E-state index contributed by atoms with van der Waals surface area (Å²) in [6.07, 6.45) is 4.65. The van der Waals surface area contributed by atoms with E-state index in [4.69, 9.17) is 17.7 Å². The van der Waals surface area contributed by atoms with Crippen LogP contribution in [0.4, 0.5) is 0 Å². The van der Waals surface area contributed by atoms with E-state index in [1.54, 1.807) is 0 Å². The van der Waals surface area contributed by atoms with Crippen molar-refractivity contribution in [1.29, 1.82) is 0 Å². The van der Waals surface area contributed by atoms with Gasteiger partial charge in [0.25, 0.3) is 0 Å². The first kappa shape index (κ1) is 23.3. The summed E-state index contributed by atoms with van der Waals surface area (Å²) in [6, 6.07) is 2.10. The van der Waals surface area contributed by atoms with Crippen molar-refractivity contribution in [3.05, 3.63) is 0 Å². The Bertz CT molecular complexity index is 239. The molecule has 0 saturated carbocycles. The molecule has 0 saturated heterocycles. The maximum absolute atomic E-state index is 6.29. The summed E-state index contributed by atoms with van der Waals surface area (Å²) in [5, 5.41) is 0. The number of hydrogen-bond acceptors (Lipinski definition) is 4. The second-order valence-electron chi connectivity index (χ2n) is 5.94. The Morgan fingerprint density at radius 1 is 0.522 bits per heavy atom. The summed E-state index contributed by atoms with van der Waals surface area (Å²) in [6.45, 7) is 15.6. The second-order valence-corrected chi connectivity index (χ2v) is 13.1. The summed E-state index contributed by atoms with van der Waals surface area (Å²) in [5.41, 5.74) is 0.906. The molecule has 0 aliphatic carbocycles. The van der Waals surface area contributed by atoms with Crippen LogP contribution < -0.4 is 0 Å². The van der Waals surface area contributed by atoms with E-state index in [2.05, 4.69) is 41.5 Å². The molecule has 0 atom stereocenters. The normalized spacial score (nSPS) is 12.8. The van der Waals surface area contributed by atoms with Gasteiger partial charge < -0.3 is 17.7 Å². The van der Waals surface area contributed by atoms with Gasteiger partial charge in [-0.3, -0.25) is 0 Å². The van der Waals surface area contributed by atoms with E-state index < -0.39 is 17.1 Å². The van der Waals surface area contributed by atoms with Crippen molar-refractivity contribution in [3.63, 3.8) is 0 Å². The van der Waals surface area contributed by atoms with Gasteiger partial charge in [-0.1, -0.05) is 39.5 Å². The highest BCUT2D eigenvalue weighted by Gasteiger charge is 2.50. The highest BCUT2D eigenvalue weighted by atomic mass is 28.4. The van der Waals surface area contributed by atoms with Gasteiger partial charge in [0.2, 0.25) is 0 Å². The van der Waals surface area contributed by atoms with E-state index in [0.717, 1.165) is 30.6 Å². The predicted molar refractivity (Wildman–Crippen MR) is 102 cm³/mol. The van der Waals surface area contributed by atoms with Crippen molar-refractivity contribution in [1.82, 2.24) is 0 Å². The lowest BCUT2D eigenvalue weighted by Crippen LogP contribution is -2.55. The van der Waals surface area contributed by atoms with Crippen molar-refractivity contribution >= 4 is 17.1 Å². The zero-order chi connectivity index (χ0) is 17.6. The van der Waals surface area contributed by atoms with E-state index in [1.165, 1.54) is 12.8 Å². The highest BCUT2D eigenvalue weighted by molar-refractivity contribution is 6.86. The van der Waals surface area contributed by atoms with Gasteiger partial charge in [0.05, 0.1) is 0 Å². The van der Waals surface area contributed by atoms with Crippen LogP contribution in [0.2, 0.25) is 17.8 Å². The summed E-state index contributed by atoms with van der Waals surface area (Å²) in [4.78, 5) is 0. The fraction of sp³-hybridized carbons (Fsp3) is 1.00. The Labute approximate surface area is 146 Å². The van der Waals surface area contributed by atoms with Gasteiger partial charge in [-0.05, 0) is 39.8 Å². The fourth-order valence-corrected chi connectivity index (χ4v) is 14.1. The van der Waals surface area contributed by atoms with Crippen LogP contribution in [0, 0.1) is 0 Å². The molecular formula is C17H40O4Si2. The standard InChI is InChI=1S/C17H40O4Si2/c1-7-13-15-22(18-9-3,19-10-4)17-23(20-11-5,21-12-6)16-14-8-2/h7-17H2,1-6H3. The summed E-state index contributed by atoms with van der Waals surface area (Å²) < 4.78 is 25.2. The summed E-state index contributed by atoms with van der Waals surface area (Å²) in [5.74, 6) is 0. The van der Waals surface area contributed by atoms with Crippen LogP contribution >= 0.6 is 0 Å². The zero-order valence-corrected chi connectivity index (χ0v) is 18.4. The molecule has 0 aliphatic rings. The maximum atomic E-state index is 6.29. The van der Waals surface area contributed by atoms with E-state index in [0.29, 0.717) is 26.4 Å². The smallest absolute Gasteiger partial charge is 0.340 e. The fourth-order valence-electron chi connectivity index (χ4n) is 3.11. The molecule has 4 nitrogen and oxygen atoms in total. The van der Waals surface area contributed by atoms with Crippen LogP contribution in [0.15, 0.2) is 0 Å². The zero-order valence-electron chi connectivity index (χ0n) is 16.4. The first-order valence-electron chi connectivity index (χ1n) is 9.63. The van der Waals surface area contributed by atoms with Gasteiger partial charge in [0.1, 0.15) is 0 Å². The molecular weight excluding hydrogens is 324 g/mol. The number of hydrogen-bond donors (Lipinski definition) is 0. The van der Waals surface area contributed by atoms with Crippen LogP contribution in [0.3, 0.4) is 0 Å². The molecule has 23 heavy (non-hydrogen) atoms. The first-order valence-corrected chi connectivity index (χ1v) is 14.1. The van der Waals surface area contributed by atoms with Crippen LogP contribution in [0.25, 0.3) is 0 Å². The van der Waals surface area contributed by atoms with Gasteiger partial charge in [-0.2, -0.15) is 0 Å². The molecule has 0 unspecified atom stereocenters.